The van der Waals surface area contributed by atoms with Crippen molar-refractivity contribution < 1.29 is 31.1 Å². The molecule has 0 aromatic heterocycles. The second-order valence-electron chi connectivity index (χ2n) is 8.58. The van der Waals surface area contributed by atoms with Crippen LogP contribution in [0.2, 0.25) is 0 Å². The SMILES string of the molecule is CCOc1ccc(NC(=O)C2CC2c2ccccc2C(F)(F)F)cc1S(=O)(=O)N1CCCCC1. The topological polar surface area (TPSA) is 75.7 Å². The number of halogens is 3. The van der Waals surface area contributed by atoms with Crippen LogP contribution in [0.5, 0.6) is 5.75 Å². The number of benzene rings is 2. The number of hydrogen-bond donors (Lipinski definition) is 1. The van der Waals surface area contributed by atoms with Gasteiger partial charge >= 0.3 is 6.18 Å². The molecule has 6 nitrogen and oxygen atoms in total. The number of anilines is 1. The van der Waals surface area contributed by atoms with Gasteiger partial charge in [-0.25, -0.2) is 8.42 Å². The van der Waals surface area contributed by atoms with Crippen molar-refractivity contribution in [3.05, 3.63) is 53.6 Å². The number of rotatable bonds is 7. The second-order valence-corrected chi connectivity index (χ2v) is 10.5. The summed E-state index contributed by atoms with van der Waals surface area (Å²) in [7, 11) is -3.82. The van der Waals surface area contributed by atoms with Gasteiger partial charge in [0.1, 0.15) is 10.6 Å². The molecular weight excluding hydrogens is 469 g/mol. The fraction of sp³-hybridized carbons (Fsp3) is 0.458. The van der Waals surface area contributed by atoms with Crippen molar-refractivity contribution in [2.24, 2.45) is 5.92 Å². The standard InChI is InChI=1S/C24H27F3N2O4S/c1-2-33-21-11-10-16(14-22(21)34(31,32)29-12-6-3-7-13-29)28-23(30)19-15-18(19)17-8-4-5-9-20(17)24(25,26)27/h4-5,8-11,14,18-19H,2-3,6-7,12-13,15H2,1H3,(H,28,30). The van der Waals surface area contributed by atoms with E-state index in [1.807, 2.05) is 0 Å². The Bertz CT molecular complexity index is 1160. The van der Waals surface area contributed by atoms with E-state index in [0.717, 1.165) is 25.3 Å². The summed E-state index contributed by atoms with van der Waals surface area (Å²) >= 11 is 0. The van der Waals surface area contributed by atoms with E-state index in [2.05, 4.69) is 5.32 Å². The van der Waals surface area contributed by atoms with Gasteiger partial charge in [0.05, 0.1) is 12.2 Å². The number of ether oxygens (including phenoxy) is 1. The number of piperidine rings is 1. The Hall–Kier alpha value is -2.59. The first-order valence-electron chi connectivity index (χ1n) is 11.4. The third kappa shape index (κ3) is 5.07. The maximum absolute atomic E-state index is 13.3. The highest BCUT2D eigenvalue weighted by atomic mass is 32.2. The number of hydrogen-bond acceptors (Lipinski definition) is 4. The minimum atomic E-state index is -4.49. The highest BCUT2D eigenvalue weighted by Gasteiger charge is 2.48. The Morgan fingerprint density at radius 3 is 2.50 bits per heavy atom. The molecule has 1 saturated carbocycles. The predicted molar refractivity (Wildman–Crippen MR) is 121 cm³/mol. The minimum Gasteiger partial charge on any atom is -0.492 e. The summed E-state index contributed by atoms with van der Waals surface area (Å²) in [5.74, 6) is -1.38. The lowest BCUT2D eigenvalue weighted by atomic mass is 10.0. The Balaban J connectivity index is 1.54. The van der Waals surface area contributed by atoms with E-state index in [0.29, 0.717) is 19.5 Å². The maximum Gasteiger partial charge on any atom is 0.416 e. The molecule has 2 unspecified atom stereocenters. The molecule has 1 heterocycles. The zero-order chi connectivity index (χ0) is 24.5. The fourth-order valence-corrected chi connectivity index (χ4v) is 6.12. The van der Waals surface area contributed by atoms with Gasteiger partial charge in [-0.2, -0.15) is 17.5 Å². The van der Waals surface area contributed by atoms with Crippen LogP contribution >= 0.6 is 0 Å². The van der Waals surface area contributed by atoms with Crippen LogP contribution in [0.4, 0.5) is 18.9 Å². The highest BCUT2D eigenvalue weighted by Crippen LogP contribution is 2.51. The van der Waals surface area contributed by atoms with Crippen LogP contribution in [0.15, 0.2) is 47.4 Å². The lowest BCUT2D eigenvalue weighted by Crippen LogP contribution is -2.35. The smallest absolute Gasteiger partial charge is 0.416 e. The summed E-state index contributed by atoms with van der Waals surface area (Å²) in [6.07, 6.45) is -1.66. The summed E-state index contributed by atoms with van der Waals surface area (Å²) < 4.78 is 73.5. The lowest BCUT2D eigenvalue weighted by Gasteiger charge is -2.27. The van der Waals surface area contributed by atoms with E-state index in [4.69, 9.17) is 4.74 Å². The maximum atomic E-state index is 13.3. The van der Waals surface area contributed by atoms with Gasteiger partial charge in [-0.3, -0.25) is 4.79 Å². The van der Waals surface area contributed by atoms with Gasteiger partial charge in [0.15, 0.2) is 0 Å². The predicted octanol–water partition coefficient (Wildman–Crippen LogP) is 5.02. The fourth-order valence-electron chi connectivity index (χ4n) is 4.45. The molecule has 184 valence electrons. The first-order chi connectivity index (χ1) is 16.1. The minimum absolute atomic E-state index is 0.0242. The van der Waals surface area contributed by atoms with Gasteiger partial charge in [-0.15, -0.1) is 0 Å². The van der Waals surface area contributed by atoms with Crippen LogP contribution in [-0.2, 0) is 21.0 Å². The molecule has 1 N–H and O–H groups in total. The summed E-state index contributed by atoms with van der Waals surface area (Å²) in [4.78, 5) is 12.8. The normalized spacial score (nSPS) is 21.2. The summed E-state index contributed by atoms with van der Waals surface area (Å²) in [5, 5.41) is 2.69. The van der Waals surface area contributed by atoms with Gasteiger partial charge < -0.3 is 10.1 Å². The van der Waals surface area contributed by atoms with E-state index in [1.54, 1.807) is 13.0 Å². The van der Waals surface area contributed by atoms with Crippen molar-refractivity contribution in [1.82, 2.24) is 4.31 Å². The first-order valence-corrected chi connectivity index (χ1v) is 12.8. The molecule has 0 radical (unpaired) electrons. The largest absolute Gasteiger partial charge is 0.492 e. The van der Waals surface area contributed by atoms with Crippen LogP contribution in [0, 0.1) is 5.92 Å². The number of nitrogens with one attached hydrogen (secondary N) is 1. The van der Waals surface area contributed by atoms with Gasteiger partial charge in [0.25, 0.3) is 0 Å². The molecule has 1 aliphatic heterocycles. The Morgan fingerprint density at radius 2 is 1.82 bits per heavy atom. The molecule has 10 heteroatoms. The molecule has 1 saturated heterocycles. The highest BCUT2D eigenvalue weighted by molar-refractivity contribution is 7.89. The van der Waals surface area contributed by atoms with Crippen molar-refractivity contribution in [1.29, 1.82) is 0 Å². The molecule has 2 fully saturated rings. The van der Waals surface area contributed by atoms with Crippen molar-refractivity contribution >= 4 is 21.6 Å². The number of alkyl halides is 3. The molecular formula is C24H27F3N2O4S. The molecule has 4 rings (SSSR count). The van der Waals surface area contributed by atoms with E-state index < -0.39 is 39.5 Å². The van der Waals surface area contributed by atoms with Crippen molar-refractivity contribution in [3.63, 3.8) is 0 Å². The molecule has 2 aromatic rings. The number of nitrogens with zero attached hydrogens (tertiary/aromatic N) is 1. The lowest BCUT2D eigenvalue weighted by molar-refractivity contribution is -0.138. The summed E-state index contributed by atoms with van der Waals surface area (Å²) in [6, 6.07) is 9.69. The van der Waals surface area contributed by atoms with E-state index in [1.165, 1.54) is 34.6 Å². The Morgan fingerprint density at radius 1 is 1.12 bits per heavy atom. The summed E-state index contributed by atoms with van der Waals surface area (Å²) in [5.41, 5.74) is -0.361. The quantitative estimate of drug-likeness (QED) is 0.584. The molecule has 2 atom stereocenters. The average molecular weight is 497 g/mol. The molecule has 1 amide bonds. The van der Waals surface area contributed by atoms with Gasteiger partial charge in [-0.05, 0) is 61.9 Å². The molecule has 0 bridgehead atoms. The van der Waals surface area contributed by atoms with Crippen LogP contribution in [0.1, 0.15) is 49.7 Å². The van der Waals surface area contributed by atoms with Crippen LogP contribution in [0.3, 0.4) is 0 Å². The third-order valence-electron chi connectivity index (χ3n) is 6.24. The summed E-state index contributed by atoms with van der Waals surface area (Å²) in [6.45, 7) is 2.87. The molecule has 34 heavy (non-hydrogen) atoms. The van der Waals surface area contributed by atoms with Crippen molar-refractivity contribution in [3.8, 4) is 5.75 Å². The number of carbonyl (C=O) groups is 1. The van der Waals surface area contributed by atoms with E-state index in [9.17, 15) is 26.4 Å². The molecule has 2 aromatic carbocycles. The first kappa shape index (κ1) is 24.5. The monoisotopic (exact) mass is 496 g/mol. The zero-order valence-corrected chi connectivity index (χ0v) is 19.6. The Kier molecular flexibility index (Phi) is 6.91. The van der Waals surface area contributed by atoms with E-state index in [-0.39, 0.29) is 28.5 Å². The molecule has 2 aliphatic rings. The van der Waals surface area contributed by atoms with Gasteiger partial charge in [-0.1, -0.05) is 24.6 Å². The van der Waals surface area contributed by atoms with Crippen LogP contribution < -0.4 is 10.1 Å². The van der Waals surface area contributed by atoms with Gasteiger partial charge in [0.2, 0.25) is 15.9 Å². The van der Waals surface area contributed by atoms with E-state index >= 15 is 0 Å². The molecule has 1 aliphatic carbocycles. The average Bonchev–Trinajstić information content (AvgIpc) is 3.61. The second kappa shape index (κ2) is 9.58. The van der Waals surface area contributed by atoms with Crippen molar-refractivity contribution in [2.75, 3.05) is 25.0 Å². The molecule has 0 spiro atoms. The zero-order valence-electron chi connectivity index (χ0n) is 18.8. The Labute approximate surface area is 197 Å². The van der Waals surface area contributed by atoms with Gasteiger partial charge in [0, 0.05) is 24.7 Å². The number of carbonyl (C=O) groups excluding carboxylic acids is 1. The van der Waals surface area contributed by atoms with Crippen LogP contribution in [0.25, 0.3) is 0 Å². The number of sulfonamides is 1. The van der Waals surface area contributed by atoms with Crippen molar-refractivity contribution in [2.45, 2.75) is 49.6 Å². The third-order valence-corrected chi connectivity index (χ3v) is 8.16. The number of amides is 1. The van der Waals surface area contributed by atoms with Crippen LogP contribution in [-0.4, -0.2) is 38.3 Å².